The van der Waals surface area contributed by atoms with Crippen molar-refractivity contribution in [2.75, 3.05) is 0 Å². The molecule has 1 unspecified atom stereocenters. The Bertz CT molecular complexity index is 240. The second kappa shape index (κ2) is 6.45. The Morgan fingerprint density at radius 2 is 1.92 bits per heavy atom. The summed E-state index contributed by atoms with van der Waals surface area (Å²) in [4.78, 5) is 0. The predicted octanol–water partition coefficient (Wildman–Crippen LogP) is 2.79. The topological polar surface area (TPSA) is 35.2 Å². The Kier molecular flexibility index (Phi) is 6.45. The van der Waals surface area contributed by atoms with E-state index < -0.39 is 0 Å². The standard InChI is InChI=1S/C9H12INO.ClH/c1-2-9(11)12-8-5-3-7(10)4-6-8;/h3-6,9H,2,11H2,1H3;1H. The summed E-state index contributed by atoms with van der Waals surface area (Å²) in [5.41, 5.74) is 5.62. The van der Waals surface area contributed by atoms with Crippen LogP contribution in [0.2, 0.25) is 0 Å². The van der Waals surface area contributed by atoms with Gasteiger partial charge in [-0.3, -0.25) is 5.73 Å². The monoisotopic (exact) mass is 313 g/mol. The first-order valence-corrected chi connectivity index (χ1v) is 4.98. The van der Waals surface area contributed by atoms with Crippen LogP contribution in [0.3, 0.4) is 0 Å². The van der Waals surface area contributed by atoms with Gasteiger partial charge in [-0.05, 0) is 53.3 Å². The van der Waals surface area contributed by atoms with Crippen molar-refractivity contribution in [1.82, 2.24) is 0 Å². The summed E-state index contributed by atoms with van der Waals surface area (Å²) in [5, 5.41) is 0. The molecule has 1 aromatic rings. The molecule has 0 aliphatic rings. The molecule has 0 saturated carbocycles. The molecule has 0 amide bonds. The molecule has 1 rings (SSSR count). The fourth-order valence-electron chi connectivity index (χ4n) is 0.771. The van der Waals surface area contributed by atoms with Crippen molar-refractivity contribution in [2.45, 2.75) is 19.6 Å². The second-order valence-corrected chi connectivity index (χ2v) is 3.76. The molecule has 0 radical (unpaired) electrons. The summed E-state index contributed by atoms with van der Waals surface area (Å²) in [7, 11) is 0. The first-order valence-electron chi connectivity index (χ1n) is 3.90. The Labute approximate surface area is 98.4 Å². The van der Waals surface area contributed by atoms with Gasteiger partial charge in [0.1, 0.15) is 12.0 Å². The van der Waals surface area contributed by atoms with Gasteiger partial charge in [-0.15, -0.1) is 12.4 Å². The van der Waals surface area contributed by atoms with E-state index in [9.17, 15) is 0 Å². The van der Waals surface area contributed by atoms with Crippen molar-refractivity contribution in [3.05, 3.63) is 27.8 Å². The minimum absolute atomic E-state index is 0. The molecule has 2 N–H and O–H groups in total. The molecule has 13 heavy (non-hydrogen) atoms. The van der Waals surface area contributed by atoms with Crippen LogP contribution in [0.25, 0.3) is 0 Å². The minimum atomic E-state index is -0.190. The summed E-state index contributed by atoms with van der Waals surface area (Å²) in [6.07, 6.45) is 0.636. The number of hydrogen-bond acceptors (Lipinski definition) is 2. The minimum Gasteiger partial charge on any atom is -0.476 e. The van der Waals surface area contributed by atoms with Crippen LogP contribution in [0, 0.1) is 3.57 Å². The van der Waals surface area contributed by atoms with Gasteiger partial charge in [-0.1, -0.05) is 6.92 Å². The zero-order valence-corrected chi connectivity index (χ0v) is 10.3. The van der Waals surface area contributed by atoms with E-state index in [2.05, 4.69) is 22.6 Å². The zero-order valence-electron chi connectivity index (χ0n) is 7.37. The summed E-state index contributed by atoms with van der Waals surface area (Å²) < 4.78 is 6.59. The van der Waals surface area contributed by atoms with E-state index in [4.69, 9.17) is 10.5 Å². The van der Waals surface area contributed by atoms with Crippen molar-refractivity contribution in [3.8, 4) is 5.75 Å². The third kappa shape index (κ3) is 4.69. The van der Waals surface area contributed by atoms with Gasteiger partial charge in [0, 0.05) is 3.57 Å². The Balaban J connectivity index is 0.00000144. The smallest absolute Gasteiger partial charge is 0.147 e. The summed E-state index contributed by atoms with van der Waals surface area (Å²) in [5.74, 6) is 0.838. The molecule has 74 valence electrons. The number of rotatable bonds is 3. The van der Waals surface area contributed by atoms with Crippen LogP contribution in [0.15, 0.2) is 24.3 Å². The molecule has 0 aliphatic heterocycles. The number of nitrogens with two attached hydrogens (primary N) is 1. The molecule has 0 aliphatic carbocycles. The maximum absolute atomic E-state index is 5.62. The van der Waals surface area contributed by atoms with Gasteiger partial charge < -0.3 is 4.74 Å². The summed E-state index contributed by atoms with van der Waals surface area (Å²) >= 11 is 2.25. The van der Waals surface area contributed by atoms with E-state index >= 15 is 0 Å². The first-order chi connectivity index (χ1) is 5.72. The second-order valence-electron chi connectivity index (χ2n) is 2.52. The van der Waals surface area contributed by atoms with Crippen molar-refractivity contribution < 1.29 is 4.74 Å². The van der Waals surface area contributed by atoms with Crippen molar-refractivity contribution in [1.29, 1.82) is 0 Å². The average molecular weight is 314 g/mol. The molecule has 0 bridgehead atoms. The molecule has 1 aromatic carbocycles. The Morgan fingerprint density at radius 1 is 1.38 bits per heavy atom. The third-order valence-electron chi connectivity index (χ3n) is 1.50. The van der Waals surface area contributed by atoms with Gasteiger partial charge in [-0.2, -0.15) is 0 Å². The largest absolute Gasteiger partial charge is 0.476 e. The molecule has 0 heterocycles. The fraction of sp³-hybridized carbons (Fsp3) is 0.333. The molecular formula is C9H13ClINO. The average Bonchev–Trinajstić information content (AvgIpc) is 2.09. The van der Waals surface area contributed by atoms with Gasteiger partial charge in [0.2, 0.25) is 0 Å². The van der Waals surface area contributed by atoms with Crippen LogP contribution >= 0.6 is 35.0 Å². The van der Waals surface area contributed by atoms with Gasteiger partial charge in [0.05, 0.1) is 0 Å². The molecule has 0 spiro atoms. The quantitative estimate of drug-likeness (QED) is 0.688. The highest BCUT2D eigenvalue weighted by Crippen LogP contribution is 2.14. The molecule has 0 fully saturated rings. The highest BCUT2D eigenvalue weighted by molar-refractivity contribution is 14.1. The van der Waals surface area contributed by atoms with E-state index in [1.165, 1.54) is 3.57 Å². The normalized spacial score (nSPS) is 11.6. The number of benzene rings is 1. The summed E-state index contributed by atoms with van der Waals surface area (Å²) in [6, 6.07) is 7.85. The van der Waals surface area contributed by atoms with E-state index in [1.807, 2.05) is 31.2 Å². The number of hydrogen-bond donors (Lipinski definition) is 1. The summed E-state index contributed by atoms with van der Waals surface area (Å²) in [6.45, 7) is 2.00. The predicted molar refractivity (Wildman–Crippen MR) is 65.3 cm³/mol. The third-order valence-corrected chi connectivity index (χ3v) is 2.22. The van der Waals surface area contributed by atoms with E-state index in [0.29, 0.717) is 0 Å². The van der Waals surface area contributed by atoms with Crippen molar-refractivity contribution in [2.24, 2.45) is 5.73 Å². The molecule has 4 heteroatoms. The molecular weight excluding hydrogens is 300 g/mol. The van der Waals surface area contributed by atoms with Crippen molar-refractivity contribution in [3.63, 3.8) is 0 Å². The highest BCUT2D eigenvalue weighted by atomic mass is 127. The Morgan fingerprint density at radius 3 is 2.38 bits per heavy atom. The lowest BCUT2D eigenvalue weighted by Gasteiger charge is -2.11. The lowest BCUT2D eigenvalue weighted by atomic mass is 10.3. The molecule has 0 aromatic heterocycles. The van der Waals surface area contributed by atoms with Crippen molar-refractivity contribution >= 4 is 35.0 Å². The van der Waals surface area contributed by atoms with E-state index in [0.717, 1.165) is 12.2 Å². The lowest BCUT2D eigenvalue weighted by molar-refractivity contribution is 0.205. The highest BCUT2D eigenvalue weighted by Gasteiger charge is 1.99. The van der Waals surface area contributed by atoms with Crippen LogP contribution in [-0.2, 0) is 0 Å². The van der Waals surface area contributed by atoms with Crippen LogP contribution in [0.5, 0.6) is 5.75 Å². The maximum atomic E-state index is 5.62. The molecule has 0 saturated heterocycles. The SMILES string of the molecule is CCC(N)Oc1ccc(I)cc1.Cl. The zero-order chi connectivity index (χ0) is 8.97. The van der Waals surface area contributed by atoms with Crippen LogP contribution in [0.1, 0.15) is 13.3 Å². The van der Waals surface area contributed by atoms with Crippen LogP contribution < -0.4 is 10.5 Å². The first kappa shape index (κ1) is 13.0. The fourth-order valence-corrected chi connectivity index (χ4v) is 1.13. The van der Waals surface area contributed by atoms with Crippen LogP contribution in [-0.4, -0.2) is 6.23 Å². The van der Waals surface area contributed by atoms with Gasteiger partial charge in [0.15, 0.2) is 0 Å². The Hall–Kier alpha value is -0.0000000000000000555. The van der Waals surface area contributed by atoms with Gasteiger partial charge >= 0.3 is 0 Å². The van der Waals surface area contributed by atoms with E-state index in [1.54, 1.807) is 0 Å². The number of halogens is 2. The lowest BCUT2D eigenvalue weighted by Crippen LogP contribution is -2.25. The van der Waals surface area contributed by atoms with Gasteiger partial charge in [-0.25, -0.2) is 0 Å². The van der Waals surface area contributed by atoms with Gasteiger partial charge in [0.25, 0.3) is 0 Å². The van der Waals surface area contributed by atoms with Crippen LogP contribution in [0.4, 0.5) is 0 Å². The molecule has 1 atom stereocenters. The maximum Gasteiger partial charge on any atom is 0.147 e. The molecule has 2 nitrogen and oxygen atoms in total. The number of ether oxygens (including phenoxy) is 1. The van der Waals surface area contributed by atoms with E-state index in [-0.39, 0.29) is 18.6 Å².